The summed E-state index contributed by atoms with van der Waals surface area (Å²) in [6.45, 7) is 9.06. The number of rotatable bonds is 4. The van der Waals surface area contributed by atoms with Gasteiger partial charge in [0.05, 0.1) is 12.2 Å². The molecule has 3 aliphatic rings. The topological polar surface area (TPSA) is 50.5 Å². The molecule has 2 aromatic rings. The summed E-state index contributed by atoms with van der Waals surface area (Å²) in [5.41, 5.74) is 13.7. The quantitative estimate of drug-likeness (QED) is 0.750. The fourth-order valence-electron chi connectivity index (χ4n) is 6.64. The van der Waals surface area contributed by atoms with Crippen molar-refractivity contribution in [1.82, 2.24) is 4.90 Å². The van der Waals surface area contributed by atoms with Crippen LogP contribution in [0.2, 0.25) is 0 Å². The van der Waals surface area contributed by atoms with Crippen LogP contribution in [0.25, 0.3) is 0 Å². The first kappa shape index (κ1) is 21.0. The number of nitrogens with zero attached hydrogens (tertiary/aromatic N) is 1. The number of fused-ring (bicyclic) bond motifs is 4. The van der Waals surface area contributed by atoms with Crippen molar-refractivity contribution in [1.29, 1.82) is 0 Å². The molecule has 4 nitrogen and oxygen atoms in total. The molecule has 2 aromatic carbocycles. The molecular weight excluding hydrogens is 382 g/mol. The van der Waals surface area contributed by atoms with E-state index in [0.29, 0.717) is 12.1 Å². The Morgan fingerprint density at radius 3 is 2.65 bits per heavy atom. The van der Waals surface area contributed by atoms with Gasteiger partial charge in [-0.1, -0.05) is 50.2 Å². The second-order valence-corrected chi connectivity index (χ2v) is 10.4. The average molecular weight is 420 g/mol. The van der Waals surface area contributed by atoms with Crippen LogP contribution in [0, 0.1) is 12.3 Å². The highest BCUT2D eigenvalue weighted by molar-refractivity contribution is 5.61. The highest BCUT2D eigenvalue weighted by atomic mass is 16.5. The first-order valence-corrected chi connectivity index (χ1v) is 11.9. The van der Waals surface area contributed by atoms with Gasteiger partial charge < -0.3 is 15.8 Å². The molecule has 1 aliphatic carbocycles. The Bertz CT molecular complexity index is 956. The minimum Gasteiger partial charge on any atom is -0.388 e. The Hall–Kier alpha value is -1.88. The zero-order chi connectivity index (χ0) is 21.8. The minimum absolute atomic E-state index is 0.00676. The van der Waals surface area contributed by atoms with Crippen molar-refractivity contribution in [3.05, 3.63) is 64.7 Å². The fraction of sp³-hybridized carbons (Fsp3) is 0.556. The molecule has 4 heteroatoms. The van der Waals surface area contributed by atoms with Crippen molar-refractivity contribution in [2.75, 3.05) is 25.5 Å². The van der Waals surface area contributed by atoms with Gasteiger partial charge in [0.2, 0.25) is 0 Å². The van der Waals surface area contributed by atoms with E-state index < -0.39 is 0 Å². The molecule has 0 unspecified atom stereocenters. The summed E-state index contributed by atoms with van der Waals surface area (Å²) in [5.74, 6) is 0. The van der Waals surface area contributed by atoms with Gasteiger partial charge in [-0.15, -0.1) is 0 Å². The number of piperidine rings is 1. The Balaban J connectivity index is 1.40. The number of likely N-dealkylation sites (tertiary alicyclic amines) is 1. The molecule has 2 heterocycles. The summed E-state index contributed by atoms with van der Waals surface area (Å²) in [5, 5.41) is 3.43. The minimum atomic E-state index is -0.290. The maximum atomic E-state index is 7.30. The van der Waals surface area contributed by atoms with Crippen molar-refractivity contribution >= 4 is 5.69 Å². The summed E-state index contributed by atoms with van der Waals surface area (Å²) in [6.07, 6.45) is 4.83. The Labute approximate surface area is 187 Å². The van der Waals surface area contributed by atoms with Crippen LogP contribution in [0.4, 0.5) is 5.69 Å². The number of benzene rings is 2. The molecule has 0 amide bonds. The van der Waals surface area contributed by atoms with Gasteiger partial charge in [0.15, 0.2) is 0 Å². The number of hydrogen-bond acceptors (Lipinski definition) is 4. The third-order valence-corrected chi connectivity index (χ3v) is 8.57. The molecule has 2 aliphatic heterocycles. The molecule has 4 atom stereocenters. The molecule has 5 rings (SSSR count). The first-order valence-electron chi connectivity index (χ1n) is 11.9. The standard InChI is InChI=1S/C27H37N3O/c1-18-10-12-22(29-4)21-16-24-26(2,3)27(28,25(18)21)14-15-30(24)17-20-11-13-23(31-20)19-8-6-5-7-9-19/h5-10,12,20,23-24,29H,11,13-17,28H2,1-4H3/t20-,23-,24+,27-/m0/s1. The van der Waals surface area contributed by atoms with Gasteiger partial charge in [0.25, 0.3) is 0 Å². The van der Waals surface area contributed by atoms with Crippen molar-refractivity contribution in [3.8, 4) is 0 Å². The van der Waals surface area contributed by atoms with Crippen molar-refractivity contribution in [2.24, 2.45) is 11.1 Å². The molecule has 3 N–H and O–H groups in total. The molecule has 166 valence electrons. The summed E-state index contributed by atoms with van der Waals surface area (Å²) in [6, 6.07) is 15.6. The lowest BCUT2D eigenvalue weighted by Gasteiger charge is -2.61. The normalized spacial score (nSPS) is 32.0. The van der Waals surface area contributed by atoms with Crippen LogP contribution in [0.15, 0.2) is 42.5 Å². The molecule has 2 bridgehead atoms. The monoisotopic (exact) mass is 419 g/mol. The second kappa shape index (κ2) is 7.61. The largest absolute Gasteiger partial charge is 0.388 e. The van der Waals surface area contributed by atoms with Crippen LogP contribution in [0.5, 0.6) is 0 Å². The molecule has 2 saturated heterocycles. The number of aryl methyl sites for hydroxylation is 1. The van der Waals surface area contributed by atoms with Crippen molar-refractivity contribution < 1.29 is 4.74 Å². The van der Waals surface area contributed by atoms with Crippen LogP contribution >= 0.6 is 0 Å². The van der Waals surface area contributed by atoms with Crippen LogP contribution in [-0.4, -0.2) is 37.2 Å². The van der Waals surface area contributed by atoms with Crippen LogP contribution < -0.4 is 11.1 Å². The maximum absolute atomic E-state index is 7.30. The lowest BCUT2D eigenvalue weighted by Crippen LogP contribution is -2.69. The molecule has 0 radical (unpaired) electrons. The highest BCUT2D eigenvalue weighted by Crippen LogP contribution is 2.55. The van der Waals surface area contributed by atoms with Gasteiger partial charge in [-0.2, -0.15) is 0 Å². The third kappa shape index (κ3) is 3.23. The van der Waals surface area contributed by atoms with E-state index in [2.05, 4.69) is 73.5 Å². The molecular formula is C27H37N3O. The summed E-state index contributed by atoms with van der Waals surface area (Å²) < 4.78 is 6.53. The molecule has 31 heavy (non-hydrogen) atoms. The van der Waals surface area contributed by atoms with Gasteiger partial charge in [0, 0.05) is 42.8 Å². The molecule has 0 aromatic heterocycles. The van der Waals surface area contributed by atoms with Crippen LogP contribution in [0.3, 0.4) is 0 Å². The van der Waals surface area contributed by atoms with E-state index in [1.54, 1.807) is 0 Å². The van der Waals surface area contributed by atoms with Gasteiger partial charge in [-0.25, -0.2) is 0 Å². The van der Waals surface area contributed by atoms with Gasteiger partial charge in [0.1, 0.15) is 0 Å². The first-order chi connectivity index (χ1) is 14.8. The maximum Gasteiger partial charge on any atom is 0.0830 e. The Morgan fingerprint density at radius 2 is 1.90 bits per heavy atom. The van der Waals surface area contributed by atoms with E-state index in [0.717, 1.165) is 38.8 Å². The van der Waals surface area contributed by atoms with Gasteiger partial charge >= 0.3 is 0 Å². The molecule has 0 saturated carbocycles. The summed E-state index contributed by atoms with van der Waals surface area (Å²) in [7, 11) is 2.03. The smallest absolute Gasteiger partial charge is 0.0830 e. The van der Waals surface area contributed by atoms with Crippen LogP contribution in [-0.2, 0) is 16.7 Å². The zero-order valence-corrected chi connectivity index (χ0v) is 19.4. The summed E-state index contributed by atoms with van der Waals surface area (Å²) in [4.78, 5) is 2.69. The number of nitrogens with one attached hydrogen (secondary N) is 1. The number of hydrogen-bond donors (Lipinski definition) is 2. The fourth-order valence-corrected chi connectivity index (χ4v) is 6.64. The summed E-state index contributed by atoms with van der Waals surface area (Å²) >= 11 is 0. The Morgan fingerprint density at radius 1 is 1.13 bits per heavy atom. The van der Waals surface area contributed by atoms with E-state index in [-0.39, 0.29) is 17.1 Å². The van der Waals surface area contributed by atoms with E-state index in [4.69, 9.17) is 10.5 Å². The number of nitrogens with two attached hydrogens (primary N) is 1. The highest BCUT2D eigenvalue weighted by Gasteiger charge is 2.57. The van der Waals surface area contributed by atoms with Crippen molar-refractivity contribution in [3.63, 3.8) is 0 Å². The molecule has 2 fully saturated rings. The average Bonchev–Trinajstić information content (AvgIpc) is 3.22. The number of ether oxygens (including phenoxy) is 1. The second-order valence-electron chi connectivity index (χ2n) is 10.4. The third-order valence-electron chi connectivity index (χ3n) is 8.57. The van der Waals surface area contributed by atoms with Gasteiger partial charge in [-0.3, -0.25) is 4.90 Å². The van der Waals surface area contributed by atoms with E-state index in [9.17, 15) is 0 Å². The van der Waals surface area contributed by atoms with E-state index in [1.807, 2.05) is 7.05 Å². The lowest BCUT2D eigenvalue weighted by molar-refractivity contribution is -0.0685. The SMILES string of the molecule is CNc1ccc(C)c2c1C[C@H]1N(C[C@@H]3CC[C@@H](c4ccccc4)O3)CC[C@@]2(N)C1(C)C. The van der Waals surface area contributed by atoms with Crippen LogP contribution in [0.1, 0.15) is 61.5 Å². The predicted octanol–water partition coefficient (Wildman–Crippen LogP) is 4.77. The predicted molar refractivity (Wildman–Crippen MR) is 127 cm³/mol. The van der Waals surface area contributed by atoms with Gasteiger partial charge in [-0.05, 0) is 60.9 Å². The van der Waals surface area contributed by atoms with E-state index in [1.165, 1.54) is 27.9 Å². The Kier molecular flexibility index (Phi) is 5.16. The van der Waals surface area contributed by atoms with Crippen molar-refractivity contribution in [2.45, 2.75) is 70.2 Å². The van der Waals surface area contributed by atoms with E-state index >= 15 is 0 Å². The lowest BCUT2D eigenvalue weighted by atomic mass is 9.54. The molecule has 0 spiro atoms. The number of anilines is 1. The zero-order valence-electron chi connectivity index (χ0n) is 19.4.